The van der Waals surface area contributed by atoms with Crippen molar-refractivity contribution in [3.63, 3.8) is 0 Å². The molecule has 0 aliphatic carbocycles. The highest BCUT2D eigenvalue weighted by atomic mass is 32.1. The maximum Gasteiger partial charge on any atom is 0.256 e. The molecule has 0 aliphatic rings. The monoisotopic (exact) mass is 198 g/mol. The van der Waals surface area contributed by atoms with Gasteiger partial charge in [0.1, 0.15) is 0 Å². The zero-order valence-corrected chi connectivity index (χ0v) is 8.48. The molecule has 1 N–H and O–H groups in total. The van der Waals surface area contributed by atoms with E-state index in [4.69, 9.17) is 0 Å². The van der Waals surface area contributed by atoms with E-state index in [0.717, 1.165) is 11.3 Å². The highest BCUT2D eigenvalue weighted by molar-refractivity contribution is 7.12. The number of thiophene rings is 1. The summed E-state index contributed by atoms with van der Waals surface area (Å²) < 4.78 is 0. The molecule has 4 heteroatoms. The summed E-state index contributed by atoms with van der Waals surface area (Å²) in [5, 5.41) is 15.2. The molecule has 0 fully saturated rings. The first kappa shape index (κ1) is 10.1. The fourth-order valence-corrected chi connectivity index (χ4v) is 1.47. The van der Waals surface area contributed by atoms with Gasteiger partial charge in [0.2, 0.25) is 5.06 Å². The van der Waals surface area contributed by atoms with Crippen LogP contribution in [0.15, 0.2) is 11.4 Å². The third-order valence-corrected chi connectivity index (χ3v) is 2.25. The first-order valence-corrected chi connectivity index (χ1v) is 5.02. The lowest BCUT2D eigenvalue weighted by Crippen LogP contribution is -2.26. The standard InChI is InChI=1S/C9H12NO2S/c1-6(2)5-10-8(11)7-3-4-13-9(7)12/h3-4,6H,5H2,1-2H3,(H,10,11). The van der Waals surface area contributed by atoms with Crippen molar-refractivity contribution in [3.8, 4) is 5.06 Å². The van der Waals surface area contributed by atoms with Crippen LogP contribution in [0.4, 0.5) is 0 Å². The van der Waals surface area contributed by atoms with Crippen molar-refractivity contribution in [3.05, 3.63) is 17.0 Å². The largest absolute Gasteiger partial charge is 0.352 e. The second-order valence-electron chi connectivity index (χ2n) is 3.23. The van der Waals surface area contributed by atoms with E-state index in [1.807, 2.05) is 13.8 Å². The summed E-state index contributed by atoms with van der Waals surface area (Å²) in [6.07, 6.45) is 0. The maximum atomic E-state index is 11.3. The molecule has 0 bridgehead atoms. The Morgan fingerprint density at radius 2 is 2.31 bits per heavy atom. The summed E-state index contributed by atoms with van der Waals surface area (Å²) in [5.41, 5.74) is 0.255. The molecule has 1 aromatic rings. The van der Waals surface area contributed by atoms with Gasteiger partial charge in [0, 0.05) is 6.54 Å². The van der Waals surface area contributed by atoms with Crippen LogP contribution in [0.1, 0.15) is 24.2 Å². The van der Waals surface area contributed by atoms with Crippen LogP contribution in [0.5, 0.6) is 5.06 Å². The first-order valence-electron chi connectivity index (χ1n) is 4.14. The van der Waals surface area contributed by atoms with E-state index in [9.17, 15) is 9.90 Å². The summed E-state index contributed by atoms with van der Waals surface area (Å²) in [7, 11) is 0. The highest BCUT2D eigenvalue weighted by Crippen LogP contribution is 2.24. The molecule has 0 saturated heterocycles. The Labute approximate surface area is 81.4 Å². The van der Waals surface area contributed by atoms with Gasteiger partial charge in [-0.05, 0) is 17.4 Å². The van der Waals surface area contributed by atoms with Gasteiger partial charge in [-0.25, -0.2) is 0 Å². The van der Waals surface area contributed by atoms with Gasteiger partial charge in [0.05, 0.1) is 5.56 Å². The van der Waals surface area contributed by atoms with Crippen molar-refractivity contribution in [1.82, 2.24) is 5.32 Å². The van der Waals surface area contributed by atoms with Crippen LogP contribution < -0.4 is 5.32 Å². The van der Waals surface area contributed by atoms with Gasteiger partial charge in [-0.2, -0.15) is 0 Å². The quantitative estimate of drug-likeness (QED) is 0.795. The smallest absolute Gasteiger partial charge is 0.256 e. The predicted molar refractivity (Wildman–Crippen MR) is 51.6 cm³/mol. The molecule has 0 aliphatic heterocycles. The second kappa shape index (κ2) is 4.28. The van der Waals surface area contributed by atoms with E-state index in [1.54, 1.807) is 11.4 Å². The van der Waals surface area contributed by atoms with Crippen molar-refractivity contribution in [1.29, 1.82) is 0 Å². The van der Waals surface area contributed by atoms with Crippen LogP contribution in [-0.4, -0.2) is 12.5 Å². The molecule has 0 atom stereocenters. The highest BCUT2D eigenvalue weighted by Gasteiger charge is 2.12. The lowest BCUT2D eigenvalue weighted by atomic mass is 10.2. The van der Waals surface area contributed by atoms with Crippen LogP contribution in [0.2, 0.25) is 0 Å². The minimum atomic E-state index is -0.264. The normalized spacial score (nSPS) is 10.4. The second-order valence-corrected chi connectivity index (χ2v) is 4.10. The van der Waals surface area contributed by atoms with Crippen LogP contribution in [0, 0.1) is 5.92 Å². The first-order chi connectivity index (χ1) is 6.11. The molecule has 1 rings (SSSR count). The molecule has 13 heavy (non-hydrogen) atoms. The fraction of sp³-hybridized carbons (Fsp3) is 0.444. The number of rotatable bonds is 3. The van der Waals surface area contributed by atoms with E-state index in [0.29, 0.717) is 12.5 Å². The molecular formula is C9H12NO2S. The number of hydrogen-bond acceptors (Lipinski definition) is 2. The van der Waals surface area contributed by atoms with E-state index in [-0.39, 0.29) is 16.5 Å². The van der Waals surface area contributed by atoms with Gasteiger partial charge in [-0.3, -0.25) is 9.90 Å². The molecule has 1 radical (unpaired) electrons. The number of nitrogens with one attached hydrogen (secondary N) is 1. The Hall–Kier alpha value is -1.03. The van der Waals surface area contributed by atoms with Crippen molar-refractivity contribution >= 4 is 17.2 Å². The third-order valence-electron chi connectivity index (χ3n) is 1.55. The zero-order chi connectivity index (χ0) is 9.84. The SMILES string of the molecule is CC(C)CNC(=O)c1ccsc1[O]. The molecule has 71 valence electrons. The van der Waals surface area contributed by atoms with Crippen molar-refractivity contribution in [2.24, 2.45) is 5.92 Å². The minimum absolute atomic E-state index is 0.166. The van der Waals surface area contributed by atoms with Gasteiger partial charge in [0.15, 0.2) is 0 Å². The van der Waals surface area contributed by atoms with Crippen molar-refractivity contribution < 1.29 is 9.90 Å². The molecule has 0 spiro atoms. The Morgan fingerprint density at radius 3 is 2.77 bits per heavy atom. The van der Waals surface area contributed by atoms with Crippen molar-refractivity contribution in [2.45, 2.75) is 13.8 Å². The lowest BCUT2D eigenvalue weighted by molar-refractivity contribution is 0.0945. The molecule has 3 nitrogen and oxygen atoms in total. The summed E-state index contributed by atoms with van der Waals surface area (Å²) >= 11 is 1.05. The number of carbonyl (C=O) groups excluding carboxylic acids is 1. The summed E-state index contributed by atoms with van der Waals surface area (Å²) in [6, 6.07) is 1.56. The molecular weight excluding hydrogens is 186 g/mol. The van der Waals surface area contributed by atoms with Crippen LogP contribution in [0.3, 0.4) is 0 Å². The topological polar surface area (TPSA) is 49.0 Å². The third kappa shape index (κ3) is 2.73. The van der Waals surface area contributed by atoms with Gasteiger partial charge in [-0.1, -0.05) is 13.8 Å². The van der Waals surface area contributed by atoms with Crippen LogP contribution in [0.25, 0.3) is 0 Å². The molecule has 0 aromatic carbocycles. The predicted octanol–water partition coefficient (Wildman–Crippen LogP) is 2.28. The number of amides is 1. The average molecular weight is 198 g/mol. The Morgan fingerprint density at radius 1 is 1.62 bits per heavy atom. The summed E-state index contributed by atoms with van der Waals surface area (Å²) in [4.78, 5) is 11.3. The summed E-state index contributed by atoms with van der Waals surface area (Å²) in [6.45, 7) is 4.62. The Kier molecular flexibility index (Phi) is 3.31. The van der Waals surface area contributed by atoms with E-state index < -0.39 is 0 Å². The number of hydrogen-bond donors (Lipinski definition) is 1. The van der Waals surface area contributed by atoms with Gasteiger partial charge in [-0.15, -0.1) is 11.3 Å². The van der Waals surface area contributed by atoms with Crippen LogP contribution >= 0.6 is 11.3 Å². The lowest BCUT2D eigenvalue weighted by Gasteiger charge is -2.05. The van der Waals surface area contributed by atoms with Gasteiger partial charge in [0.25, 0.3) is 5.91 Å². The molecule has 1 amide bonds. The minimum Gasteiger partial charge on any atom is -0.352 e. The Balaban J connectivity index is 2.54. The maximum absolute atomic E-state index is 11.3. The van der Waals surface area contributed by atoms with Gasteiger partial charge < -0.3 is 5.32 Å². The number of carbonyl (C=O) groups is 1. The molecule has 0 saturated carbocycles. The van der Waals surface area contributed by atoms with Crippen molar-refractivity contribution in [2.75, 3.05) is 6.54 Å². The fourth-order valence-electron chi connectivity index (χ4n) is 0.856. The van der Waals surface area contributed by atoms with Gasteiger partial charge >= 0.3 is 0 Å². The van der Waals surface area contributed by atoms with E-state index >= 15 is 0 Å². The average Bonchev–Trinajstić information content (AvgIpc) is 2.47. The molecule has 1 aromatic heterocycles. The van der Waals surface area contributed by atoms with Crippen LogP contribution in [-0.2, 0) is 5.11 Å². The molecule has 0 unspecified atom stereocenters. The van der Waals surface area contributed by atoms with E-state index in [1.165, 1.54) is 0 Å². The molecule has 1 heterocycles. The summed E-state index contributed by atoms with van der Waals surface area (Å²) in [5.74, 6) is 0.137. The zero-order valence-electron chi connectivity index (χ0n) is 7.66. The van der Waals surface area contributed by atoms with E-state index in [2.05, 4.69) is 5.32 Å². The Bertz CT molecular complexity index is 294.